The summed E-state index contributed by atoms with van der Waals surface area (Å²) in [7, 11) is 3.95. The molecule has 1 aromatic rings. The summed E-state index contributed by atoms with van der Waals surface area (Å²) in [6.07, 6.45) is 0.321. The Labute approximate surface area is 124 Å². The average molecular weight is 295 g/mol. The van der Waals surface area contributed by atoms with Crippen LogP contribution in [0.1, 0.15) is 22.3 Å². The van der Waals surface area contributed by atoms with Gasteiger partial charge in [0.1, 0.15) is 5.82 Å². The SMILES string of the molecule is CN(C)CC1CC(O)CN1Cc1ccc(C(N)=O)cc1F. The van der Waals surface area contributed by atoms with Crippen molar-refractivity contribution < 1.29 is 14.3 Å². The number of carbonyl (C=O) groups excluding carboxylic acids is 1. The Bertz CT molecular complexity index is 522. The summed E-state index contributed by atoms with van der Waals surface area (Å²) in [5.41, 5.74) is 5.82. The molecule has 1 aliphatic heterocycles. The summed E-state index contributed by atoms with van der Waals surface area (Å²) in [5.74, 6) is -1.07. The summed E-state index contributed by atoms with van der Waals surface area (Å²) >= 11 is 0. The van der Waals surface area contributed by atoms with Crippen LogP contribution in [0.25, 0.3) is 0 Å². The summed E-state index contributed by atoms with van der Waals surface area (Å²) in [5, 5.41) is 9.83. The van der Waals surface area contributed by atoms with E-state index in [1.165, 1.54) is 12.1 Å². The van der Waals surface area contributed by atoms with Gasteiger partial charge in [0.25, 0.3) is 0 Å². The Morgan fingerprint density at radius 1 is 1.52 bits per heavy atom. The molecule has 2 atom stereocenters. The maximum absolute atomic E-state index is 14.0. The third kappa shape index (κ3) is 4.00. The van der Waals surface area contributed by atoms with E-state index in [0.717, 1.165) is 6.54 Å². The van der Waals surface area contributed by atoms with Crippen molar-refractivity contribution >= 4 is 5.91 Å². The quantitative estimate of drug-likeness (QED) is 0.826. The Balaban J connectivity index is 2.11. The second-order valence-corrected chi connectivity index (χ2v) is 5.91. The van der Waals surface area contributed by atoms with Gasteiger partial charge in [0.2, 0.25) is 5.91 Å². The number of likely N-dealkylation sites (tertiary alicyclic amines) is 1. The predicted octanol–water partition coefficient (Wildman–Crippen LogP) is 0.421. The van der Waals surface area contributed by atoms with Crippen LogP contribution in [-0.4, -0.2) is 60.1 Å². The number of rotatable bonds is 5. The maximum atomic E-state index is 14.0. The van der Waals surface area contributed by atoms with E-state index in [1.54, 1.807) is 6.07 Å². The highest BCUT2D eigenvalue weighted by atomic mass is 19.1. The molecule has 3 N–H and O–H groups in total. The number of amides is 1. The normalized spacial score (nSPS) is 22.9. The number of aliphatic hydroxyl groups is 1. The number of likely N-dealkylation sites (N-methyl/N-ethyl adjacent to an activating group) is 1. The molecule has 0 spiro atoms. The number of halogens is 1. The minimum Gasteiger partial charge on any atom is -0.392 e. The maximum Gasteiger partial charge on any atom is 0.248 e. The predicted molar refractivity (Wildman–Crippen MR) is 78.3 cm³/mol. The van der Waals surface area contributed by atoms with Gasteiger partial charge >= 0.3 is 0 Å². The number of primary amides is 1. The molecular formula is C15H22FN3O2. The lowest BCUT2D eigenvalue weighted by atomic mass is 10.1. The van der Waals surface area contributed by atoms with Crippen molar-refractivity contribution in [2.45, 2.75) is 25.1 Å². The zero-order valence-corrected chi connectivity index (χ0v) is 12.4. The highest BCUT2D eigenvalue weighted by molar-refractivity contribution is 5.92. The molecule has 0 radical (unpaired) electrons. The van der Waals surface area contributed by atoms with Crippen molar-refractivity contribution in [3.8, 4) is 0 Å². The molecule has 116 valence electrons. The molecule has 6 heteroatoms. The van der Waals surface area contributed by atoms with Gasteiger partial charge < -0.3 is 15.7 Å². The van der Waals surface area contributed by atoms with E-state index in [2.05, 4.69) is 9.80 Å². The van der Waals surface area contributed by atoms with Crippen LogP contribution in [-0.2, 0) is 6.54 Å². The van der Waals surface area contributed by atoms with Crippen molar-refractivity contribution in [3.05, 3.63) is 35.1 Å². The fourth-order valence-electron chi connectivity index (χ4n) is 2.81. The van der Waals surface area contributed by atoms with Crippen LogP contribution in [0, 0.1) is 5.82 Å². The van der Waals surface area contributed by atoms with Gasteiger partial charge in [-0.15, -0.1) is 0 Å². The van der Waals surface area contributed by atoms with Crippen molar-refractivity contribution in [1.29, 1.82) is 0 Å². The first kappa shape index (κ1) is 15.9. The topological polar surface area (TPSA) is 69.8 Å². The Hall–Kier alpha value is -1.50. The molecule has 0 bridgehead atoms. The molecule has 21 heavy (non-hydrogen) atoms. The minimum absolute atomic E-state index is 0.169. The van der Waals surface area contributed by atoms with E-state index in [9.17, 15) is 14.3 Å². The van der Waals surface area contributed by atoms with Crippen molar-refractivity contribution in [1.82, 2.24) is 9.80 Å². The molecule has 5 nitrogen and oxygen atoms in total. The lowest BCUT2D eigenvalue weighted by Crippen LogP contribution is -2.37. The van der Waals surface area contributed by atoms with E-state index in [0.29, 0.717) is 25.1 Å². The lowest BCUT2D eigenvalue weighted by Gasteiger charge is -2.26. The van der Waals surface area contributed by atoms with E-state index in [4.69, 9.17) is 5.73 Å². The number of nitrogens with two attached hydrogens (primary N) is 1. The van der Waals surface area contributed by atoms with Crippen LogP contribution in [0.2, 0.25) is 0 Å². The van der Waals surface area contributed by atoms with Gasteiger partial charge in [-0.25, -0.2) is 4.39 Å². The monoisotopic (exact) mass is 295 g/mol. The second-order valence-electron chi connectivity index (χ2n) is 5.91. The standard InChI is InChI=1S/C15H22FN3O2/c1-18(2)8-12-6-13(20)9-19(12)7-11-4-3-10(15(17)21)5-14(11)16/h3-5,12-13,20H,6-9H2,1-2H3,(H2,17,21). The van der Waals surface area contributed by atoms with Gasteiger partial charge in [-0.2, -0.15) is 0 Å². The summed E-state index contributed by atoms with van der Waals surface area (Å²) < 4.78 is 14.0. The number of benzene rings is 1. The Kier molecular flexibility index (Phi) is 4.92. The summed E-state index contributed by atoms with van der Waals surface area (Å²) in [6, 6.07) is 4.50. The molecular weight excluding hydrogens is 273 g/mol. The van der Waals surface area contributed by atoms with Crippen molar-refractivity contribution in [3.63, 3.8) is 0 Å². The van der Waals surface area contributed by atoms with Crippen LogP contribution < -0.4 is 5.73 Å². The molecule has 0 aromatic heterocycles. The number of β-amino-alcohol motifs (C(OH)–C–C–N with tert-alkyl or cyclic N) is 1. The first-order chi connectivity index (χ1) is 9.86. The zero-order chi connectivity index (χ0) is 15.6. The first-order valence-corrected chi connectivity index (χ1v) is 7.02. The number of carbonyl (C=O) groups is 1. The molecule has 1 aliphatic rings. The van der Waals surface area contributed by atoms with Gasteiger partial charge in [-0.1, -0.05) is 6.07 Å². The minimum atomic E-state index is -0.637. The summed E-state index contributed by atoms with van der Waals surface area (Å²) in [6.45, 7) is 1.77. The largest absolute Gasteiger partial charge is 0.392 e. The fourth-order valence-corrected chi connectivity index (χ4v) is 2.81. The molecule has 0 aliphatic carbocycles. The first-order valence-electron chi connectivity index (χ1n) is 7.02. The molecule has 1 aromatic carbocycles. The van der Waals surface area contributed by atoms with Gasteiger partial charge in [-0.3, -0.25) is 9.69 Å². The molecule has 1 fully saturated rings. The van der Waals surface area contributed by atoms with Crippen LogP contribution in [0.4, 0.5) is 4.39 Å². The number of hydrogen-bond acceptors (Lipinski definition) is 4. The van der Waals surface area contributed by atoms with Crippen LogP contribution in [0.5, 0.6) is 0 Å². The molecule has 1 amide bonds. The van der Waals surface area contributed by atoms with Gasteiger partial charge in [-0.05, 0) is 32.6 Å². The Morgan fingerprint density at radius 2 is 2.24 bits per heavy atom. The molecule has 1 heterocycles. The van der Waals surface area contributed by atoms with Crippen LogP contribution in [0.15, 0.2) is 18.2 Å². The Morgan fingerprint density at radius 3 is 2.81 bits per heavy atom. The third-order valence-electron chi connectivity index (χ3n) is 3.79. The number of nitrogens with zero attached hydrogens (tertiary/aromatic N) is 2. The fraction of sp³-hybridized carbons (Fsp3) is 0.533. The molecule has 0 saturated carbocycles. The van der Waals surface area contributed by atoms with Crippen molar-refractivity contribution in [2.24, 2.45) is 5.73 Å². The van der Waals surface area contributed by atoms with Gasteiger partial charge in [0.15, 0.2) is 0 Å². The van der Waals surface area contributed by atoms with E-state index >= 15 is 0 Å². The van der Waals surface area contributed by atoms with Crippen LogP contribution in [0.3, 0.4) is 0 Å². The zero-order valence-electron chi connectivity index (χ0n) is 12.4. The lowest BCUT2D eigenvalue weighted by molar-refractivity contribution is 0.0999. The van der Waals surface area contributed by atoms with Crippen molar-refractivity contribution in [2.75, 3.05) is 27.2 Å². The highest BCUT2D eigenvalue weighted by Crippen LogP contribution is 2.22. The number of hydrogen-bond donors (Lipinski definition) is 2. The van der Waals surface area contributed by atoms with E-state index in [-0.39, 0.29) is 17.7 Å². The smallest absolute Gasteiger partial charge is 0.248 e. The summed E-state index contributed by atoms with van der Waals surface area (Å²) in [4.78, 5) is 15.2. The molecule has 2 rings (SSSR count). The van der Waals surface area contributed by atoms with Gasteiger partial charge in [0, 0.05) is 36.8 Å². The molecule has 1 saturated heterocycles. The highest BCUT2D eigenvalue weighted by Gasteiger charge is 2.31. The van der Waals surface area contributed by atoms with Gasteiger partial charge in [0.05, 0.1) is 6.10 Å². The molecule has 2 unspecified atom stereocenters. The number of aliphatic hydroxyl groups excluding tert-OH is 1. The van der Waals surface area contributed by atoms with Crippen LogP contribution >= 0.6 is 0 Å². The average Bonchev–Trinajstić information content (AvgIpc) is 2.70. The third-order valence-corrected chi connectivity index (χ3v) is 3.79. The van der Waals surface area contributed by atoms with E-state index < -0.39 is 11.7 Å². The van der Waals surface area contributed by atoms with E-state index in [1.807, 2.05) is 14.1 Å². The second kappa shape index (κ2) is 6.51.